The number of likely N-dealkylation sites (tertiary alicyclic amines) is 1. The van der Waals surface area contributed by atoms with E-state index >= 15 is 0 Å². The van der Waals surface area contributed by atoms with E-state index in [2.05, 4.69) is 44.3 Å². The van der Waals surface area contributed by atoms with E-state index in [0.717, 1.165) is 31.4 Å². The van der Waals surface area contributed by atoms with Gasteiger partial charge >= 0.3 is 6.61 Å². The smallest absolute Gasteiger partial charge is 0.387 e. The van der Waals surface area contributed by atoms with Gasteiger partial charge in [0.1, 0.15) is 5.75 Å². The minimum Gasteiger partial charge on any atom is -0.435 e. The Bertz CT molecular complexity index is 995. The number of carbonyl (C=O) groups is 1. The molecule has 5 nitrogen and oxygen atoms in total. The number of para-hydroxylation sites is 1. The van der Waals surface area contributed by atoms with Gasteiger partial charge in [0.15, 0.2) is 0 Å². The zero-order chi connectivity index (χ0) is 21.1. The van der Waals surface area contributed by atoms with Gasteiger partial charge in [0.25, 0.3) is 0 Å². The highest BCUT2D eigenvalue weighted by molar-refractivity contribution is 5.94. The molecule has 1 aliphatic rings. The number of nitrogens with one attached hydrogen (secondary N) is 2. The van der Waals surface area contributed by atoms with Crippen molar-refractivity contribution in [3.05, 3.63) is 60.3 Å². The van der Waals surface area contributed by atoms with E-state index in [1.807, 2.05) is 13.0 Å². The summed E-state index contributed by atoms with van der Waals surface area (Å²) in [6, 6.07) is 14.0. The third-order valence-corrected chi connectivity index (χ3v) is 5.86. The summed E-state index contributed by atoms with van der Waals surface area (Å²) in [7, 11) is 0. The van der Waals surface area contributed by atoms with E-state index in [9.17, 15) is 13.6 Å². The average molecular weight is 413 g/mol. The van der Waals surface area contributed by atoms with Crippen LogP contribution in [-0.2, 0) is 4.79 Å². The summed E-state index contributed by atoms with van der Waals surface area (Å²) in [6.45, 7) is 0.729. The maximum atomic E-state index is 12.7. The summed E-state index contributed by atoms with van der Waals surface area (Å²) in [5, 5.41) is 4.13. The van der Waals surface area contributed by atoms with Crippen molar-refractivity contribution in [2.45, 2.75) is 38.3 Å². The van der Waals surface area contributed by atoms with Gasteiger partial charge in [0, 0.05) is 22.8 Å². The standard InChI is InChI=1S/C23H25F2N3O2/c1-15(22(29)27-17-6-8-18(9-7-17)30-23(24)25)28-12-10-16(11-13-28)20-14-26-21-5-3-2-4-19(20)21/h2-9,14-16,23,26H,10-13H2,1H3,(H,27,29). The number of nitrogens with zero attached hydrogens (tertiary/aromatic N) is 1. The van der Waals surface area contributed by atoms with E-state index in [1.165, 1.54) is 23.1 Å². The summed E-state index contributed by atoms with van der Waals surface area (Å²) < 4.78 is 28.8. The number of piperidine rings is 1. The fraction of sp³-hybridized carbons (Fsp3) is 0.348. The van der Waals surface area contributed by atoms with Gasteiger partial charge in [0.05, 0.1) is 6.04 Å². The molecule has 1 saturated heterocycles. The molecule has 0 spiro atoms. The highest BCUT2D eigenvalue weighted by atomic mass is 19.3. The maximum absolute atomic E-state index is 12.7. The summed E-state index contributed by atoms with van der Waals surface area (Å²) >= 11 is 0. The molecule has 0 bridgehead atoms. The number of benzene rings is 2. The van der Waals surface area contributed by atoms with Crippen molar-refractivity contribution in [3.8, 4) is 5.75 Å². The molecule has 1 aliphatic heterocycles. The molecule has 7 heteroatoms. The molecule has 1 atom stereocenters. The Morgan fingerprint density at radius 1 is 1.13 bits per heavy atom. The molecular weight excluding hydrogens is 388 g/mol. The highest BCUT2D eigenvalue weighted by Crippen LogP contribution is 2.33. The van der Waals surface area contributed by atoms with Crippen LogP contribution in [0.1, 0.15) is 31.2 Å². The van der Waals surface area contributed by atoms with Crippen LogP contribution in [0.3, 0.4) is 0 Å². The van der Waals surface area contributed by atoms with Gasteiger partial charge in [-0.05, 0) is 74.7 Å². The summed E-state index contributed by atoms with van der Waals surface area (Å²) in [5.74, 6) is 0.438. The molecule has 2 heterocycles. The van der Waals surface area contributed by atoms with Gasteiger partial charge in [-0.1, -0.05) is 18.2 Å². The average Bonchev–Trinajstić information content (AvgIpc) is 3.18. The second-order valence-electron chi connectivity index (χ2n) is 7.67. The van der Waals surface area contributed by atoms with Crippen molar-refractivity contribution in [2.75, 3.05) is 18.4 Å². The molecule has 1 unspecified atom stereocenters. The number of fused-ring (bicyclic) bond motifs is 1. The molecule has 30 heavy (non-hydrogen) atoms. The zero-order valence-electron chi connectivity index (χ0n) is 16.8. The van der Waals surface area contributed by atoms with Crippen molar-refractivity contribution in [1.82, 2.24) is 9.88 Å². The van der Waals surface area contributed by atoms with Crippen LogP contribution in [-0.4, -0.2) is 41.5 Å². The van der Waals surface area contributed by atoms with Crippen LogP contribution in [0.15, 0.2) is 54.7 Å². The van der Waals surface area contributed by atoms with E-state index in [1.54, 1.807) is 12.1 Å². The normalized spacial score (nSPS) is 16.7. The highest BCUT2D eigenvalue weighted by Gasteiger charge is 2.28. The summed E-state index contributed by atoms with van der Waals surface area (Å²) in [4.78, 5) is 18.2. The molecule has 158 valence electrons. The summed E-state index contributed by atoms with van der Waals surface area (Å²) in [5.41, 5.74) is 3.07. The zero-order valence-corrected chi connectivity index (χ0v) is 16.8. The molecule has 4 rings (SSSR count). The minimum atomic E-state index is -2.86. The number of ether oxygens (including phenoxy) is 1. The summed E-state index contributed by atoms with van der Waals surface area (Å²) in [6.07, 6.45) is 4.11. The van der Waals surface area contributed by atoms with E-state index in [-0.39, 0.29) is 17.7 Å². The quantitative estimate of drug-likeness (QED) is 0.600. The Labute approximate surface area is 174 Å². The molecule has 1 aromatic heterocycles. The number of alkyl halides is 2. The molecule has 0 aliphatic carbocycles. The predicted molar refractivity (Wildman–Crippen MR) is 113 cm³/mol. The first kappa shape index (κ1) is 20.3. The van der Waals surface area contributed by atoms with Crippen molar-refractivity contribution < 1.29 is 18.3 Å². The van der Waals surface area contributed by atoms with Crippen LogP contribution in [0.4, 0.5) is 14.5 Å². The van der Waals surface area contributed by atoms with Crippen LogP contribution >= 0.6 is 0 Å². The lowest BCUT2D eigenvalue weighted by Gasteiger charge is -2.35. The Hall–Kier alpha value is -2.93. The number of amides is 1. The Balaban J connectivity index is 1.32. The maximum Gasteiger partial charge on any atom is 0.387 e. The largest absolute Gasteiger partial charge is 0.435 e. The number of anilines is 1. The molecular formula is C23H25F2N3O2. The Morgan fingerprint density at radius 2 is 1.83 bits per heavy atom. The van der Waals surface area contributed by atoms with Crippen LogP contribution in [0, 0.1) is 0 Å². The lowest BCUT2D eigenvalue weighted by molar-refractivity contribution is -0.121. The van der Waals surface area contributed by atoms with E-state index < -0.39 is 6.61 Å². The third-order valence-electron chi connectivity index (χ3n) is 5.86. The number of hydrogen-bond donors (Lipinski definition) is 2. The van der Waals surface area contributed by atoms with Crippen molar-refractivity contribution in [1.29, 1.82) is 0 Å². The molecule has 1 fully saturated rings. The molecule has 3 aromatic rings. The Kier molecular flexibility index (Phi) is 5.99. The van der Waals surface area contributed by atoms with Gasteiger partial charge in [-0.3, -0.25) is 9.69 Å². The number of H-pyrrole nitrogens is 1. The number of aromatic amines is 1. The predicted octanol–water partition coefficient (Wildman–Crippen LogP) is 4.98. The monoisotopic (exact) mass is 413 g/mol. The minimum absolute atomic E-state index is 0.0652. The topological polar surface area (TPSA) is 57.4 Å². The molecule has 2 N–H and O–H groups in total. The number of carbonyl (C=O) groups excluding carboxylic acids is 1. The van der Waals surface area contributed by atoms with Gasteiger partial charge in [-0.25, -0.2) is 0 Å². The molecule has 1 amide bonds. The van der Waals surface area contributed by atoms with Crippen LogP contribution in [0.2, 0.25) is 0 Å². The first-order valence-corrected chi connectivity index (χ1v) is 10.2. The number of hydrogen-bond acceptors (Lipinski definition) is 3. The van der Waals surface area contributed by atoms with Crippen molar-refractivity contribution in [3.63, 3.8) is 0 Å². The Morgan fingerprint density at radius 3 is 2.53 bits per heavy atom. The second kappa shape index (κ2) is 8.83. The lowest BCUT2D eigenvalue weighted by Crippen LogP contribution is -2.45. The number of aromatic nitrogens is 1. The second-order valence-corrected chi connectivity index (χ2v) is 7.67. The molecule has 0 radical (unpaired) electrons. The van der Waals surface area contributed by atoms with E-state index in [4.69, 9.17) is 0 Å². The van der Waals surface area contributed by atoms with Crippen LogP contribution in [0.25, 0.3) is 10.9 Å². The van der Waals surface area contributed by atoms with Gasteiger partial charge in [-0.2, -0.15) is 8.78 Å². The first-order chi connectivity index (χ1) is 14.5. The lowest BCUT2D eigenvalue weighted by atomic mass is 9.88. The fourth-order valence-corrected chi connectivity index (χ4v) is 4.16. The number of rotatable bonds is 6. The van der Waals surface area contributed by atoms with Crippen LogP contribution in [0.5, 0.6) is 5.75 Å². The fourth-order valence-electron chi connectivity index (χ4n) is 4.16. The van der Waals surface area contributed by atoms with Gasteiger partial charge in [-0.15, -0.1) is 0 Å². The van der Waals surface area contributed by atoms with E-state index in [0.29, 0.717) is 11.6 Å². The van der Waals surface area contributed by atoms with Gasteiger partial charge in [0.2, 0.25) is 5.91 Å². The van der Waals surface area contributed by atoms with Gasteiger partial charge < -0.3 is 15.0 Å². The molecule has 2 aromatic carbocycles. The third kappa shape index (κ3) is 4.46. The van der Waals surface area contributed by atoms with Crippen LogP contribution < -0.4 is 10.1 Å². The number of halogens is 2. The SMILES string of the molecule is CC(C(=O)Nc1ccc(OC(F)F)cc1)N1CCC(c2c[nH]c3ccccc23)CC1. The first-order valence-electron chi connectivity index (χ1n) is 10.2. The van der Waals surface area contributed by atoms with Crippen molar-refractivity contribution >= 4 is 22.5 Å². The van der Waals surface area contributed by atoms with Crippen molar-refractivity contribution in [2.24, 2.45) is 0 Å². The molecule has 0 saturated carbocycles.